The van der Waals surface area contributed by atoms with E-state index < -0.39 is 0 Å². The van der Waals surface area contributed by atoms with Crippen molar-refractivity contribution in [3.05, 3.63) is 78.1 Å². The van der Waals surface area contributed by atoms with E-state index in [-0.39, 0.29) is 24.1 Å². The number of rotatable bonds is 7. The van der Waals surface area contributed by atoms with Crippen LogP contribution in [0.1, 0.15) is 20.8 Å². The number of ether oxygens (including phenoxy) is 1. The smallest absolute Gasteiger partial charge is 0.275 e. The lowest BCUT2D eigenvalue weighted by Gasteiger charge is -2.07. The van der Waals surface area contributed by atoms with Crippen molar-refractivity contribution in [2.24, 2.45) is 0 Å². The quantitative estimate of drug-likeness (QED) is 0.628. The van der Waals surface area contributed by atoms with Crippen molar-refractivity contribution in [1.29, 1.82) is 0 Å². The number of hydrogen-bond acceptors (Lipinski definition) is 4. The number of methoxy groups -OCH3 is 1. The Hall–Kier alpha value is -3.61. The number of para-hydroxylation sites is 1. The summed E-state index contributed by atoms with van der Waals surface area (Å²) in [6, 6.07) is 18.3. The van der Waals surface area contributed by atoms with E-state index in [1.54, 1.807) is 35.1 Å². The molecule has 0 aliphatic rings. The Balaban J connectivity index is 1.56. The first-order valence-corrected chi connectivity index (χ1v) is 8.49. The van der Waals surface area contributed by atoms with Gasteiger partial charge in [0.05, 0.1) is 19.0 Å². The van der Waals surface area contributed by atoms with Gasteiger partial charge in [-0.15, -0.1) is 0 Å². The molecule has 138 valence electrons. The number of amides is 2. The maximum atomic E-state index is 12.4. The molecular weight excluding hydrogens is 344 g/mol. The molecule has 7 heteroatoms. The van der Waals surface area contributed by atoms with Gasteiger partial charge in [0, 0.05) is 18.7 Å². The minimum Gasteiger partial charge on any atom is -0.493 e. The number of nitrogens with one attached hydrogen (secondary N) is 2. The molecule has 2 aromatic carbocycles. The highest BCUT2D eigenvalue weighted by Crippen LogP contribution is 2.19. The minimum atomic E-state index is -0.365. The van der Waals surface area contributed by atoms with Crippen molar-refractivity contribution < 1.29 is 14.3 Å². The Morgan fingerprint density at radius 1 is 0.926 bits per heavy atom. The summed E-state index contributed by atoms with van der Waals surface area (Å²) in [5, 5.41) is 9.80. The summed E-state index contributed by atoms with van der Waals surface area (Å²) in [7, 11) is 1.49. The largest absolute Gasteiger partial charge is 0.493 e. The summed E-state index contributed by atoms with van der Waals surface area (Å²) in [4.78, 5) is 24.4. The fourth-order valence-electron chi connectivity index (χ4n) is 2.51. The Morgan fingerprint density at radius 2 is 1.52 bits per heavy atom. The number of benzene rings is 2. The zero-order valence-corrected chi connectivity index (χ0v) is 14.9. The van der Waals surface area contributed by atoms with E-state index in [0.717, 1.165) is 5.69 Å². The van der Waals surface area contributed by atoms with Crippen LogP contribution in [0.2, 0.25) is 0 Å². The average Bonchev–Trinajstić information content (AvgIpc) is 3.17. The van der Waals surface area contributed by atoms with E-state index in [1.807, 2.05) is 36.4 Å². The van der Waals surface area contributed by atoms with Crippen LogP contribution in [0, 0.1) is 0 Å². The van der Waals surface area contributed by atoms with E-state index in [2.05, 4.69) is 15.7 Å². The number of hydrogen-bond donors (Lipinski definition) is 2. The molecule has 0 atom stereocenters. The van der Waals surface area contributed by atoms with Gasteiger partial charge in [0.15, 0.2) is 11.4 Å². The second-order valence-electron chi connectivity index (χ2n) is 5.70. The molecule has 0 aliphatic heterocycles. The third-order valence-corrected chi connectivity index (χ3v) is 3.87. The van der Waals surface area contributed by atoms with E-state index in [1.165, 1.54) is 7.11 Å². The van der Waals surface area contributed by atoms with Crippen LogP contribution in [0.25, 0.3) is 5.69 Å². The normalized spacial score (nSPS) is 10.3. The van der Waals surface area contributed by atoms with Gasteiger partial charge in [0.1, 0.15) is 0 Å². The SMILES string of the molecule is COc1cn(-c2ccccc2)nc1C(=O)NCCNC(=O)c1ccccc1. The lowest BCUT2D eigenvalue weighted by atomic mass is 10.2. The second kappa shape index (κ2) is 8.66. The van der Waals surface area contributed by atoms with Crippen LogP contribution in [-0.2, 0) is 0 Å². The van der Waals surface area contributed by atoms with Crippen molar-refractivity contribution in [1.82, 2.24) is 20.4 Å². The predicted octanol–water partition coefficient (Wildman–Crippen LogP) is 2.04. The first-order valence-electron chi connectivity index (χ1n) is 8.49. The molecule has 7 nitrogen and oxygen atoms in total. The van der Waals surface area contributed by atoms with Gasteiger partial charge in [-0.05, 0) is 24.3 Å². The van der Waals surface area contributed by atoms with Crippen molar-refractivity contribution in [2.75, 3.05) is 20.2 Å². The highest BCUT2D eigenvalue weighted by atomic mass is 16.5. The zero-order chi connectivity index (χ0) is 19.1. The summed E-state index contributed by atoms with van der Waals surface area (Å²) in [6.07, 6.45) is 1.65. The van der Waals surface area contributed by atoms with Crippen LogP contribution in [0.4, 0.5) is 0 Å². The Morgan fingerprint density at radius 3 is 2.15 bits per heavy atom. The summed E-state index contributed by atoms with van der Waals surface area (Å²) < 4.78 is 6.85. The Bertz CT molecular complexity index is 907. The maximum Gasteiger partial charge on any atom is 0.275 e. The summed E-state index contributed by atoms with van der Waals surface area (Å²) >= 11 is 0. The van der Waals surface area contributed by atoms with Crippen LogP contribution < -0.4 is 15.4 Å². The van der Waals surface area contributed by atoms with E-state index in [4.69, 9.17) is 4.74 Å². The first kappa shape index (κ1) is 18.2. The number of nitrogens with zero attached hydrogens (tertiary/aromatic N) is 2. The molecule has 3 aromatic rings. The third-order valence-electron chi connectivity index (χ3n) is 3.87. The molecule has 3 rings (SSSR count). The van der Waals surface area contributed by atoms with Gasteiger partial charge in [0.25, 0.3) is 11.8 Å². The summed E-state index contributed by atoms with van der Waals surface area (Å²) in [6.45, 7) is 0.583. The third kappa shape index (κ3) is 4.52. The van der Waals surface area contributed by atoms with Crippen molar-refractivity contribution in [2.45, 2.75) is 0 Å². The average molecular weight is 364 g/mol. The Labute approximate surface area is 157 Å². The number of aromatic nitrogens is 2. The van der Waals surface area contributed by atoms with Gasteiger partial charge in [0.2, 0.25) is 0 Å². The molecule has 0 fully saturated rings. The van der Waals surface area contributed by atoms with Crippen LogP contribution in [0.5, 0.6) is 5.75 Å². The first-order chi connectivity index (χ1) is 13.2. The molecule has 27 heavy (non-hydrogen) atoms. The van der Waals surface area contributed by atoms with Gasteiger partial charge < -0.3 is 15.4 Å². The lowest BCUT2D eigenvalue weighted by Crippen LogP contribution is -2.35. The van der Waals surface area contributed by atoms with Crippen molar-refractivity contribution in [3.63, 3.8) is 0 Å². The molecule has 0 unspecified atom stereocenters. The second-order valence-corrected chi connectivity index (χ2v) is 5.70. The molecule has 1 aromatic heterocycles. The zero-order valence-electron chi connectivity index (χ0n) is 14.9. The topological polar surface area (TPSA) is 85.2 Å². The molecule has 1 heterocycles. The molecule has 0 bridgehead atoms. The standard InChI is InChI=1S/C20H20N4O3/c1-27-17-14-24(16-10-6-3-7-11-16)23-18(17)20(26)22-13-12-21-19(25)15-8-4-2-5-9-15/h2-11,14H,12-13H2,1H3,(H,21,25)(H,22,26). The van der Waals surface area contributed by atoms with Gasteiger partial charge >= 0.3 is 0 Å². The summed E-state index contributed by atoms with van der Waals surface area (Å²) in [5.41, 5.74) is 1.59. The van der Waals surface area contributed by atoms with Gasteiger partial charge in [-0.3, -0.25) is 9.59 Å². The Kier molecular flexibility index (Phi) is 5.84. The molecule has 0 spiro atoms. The fraction of sp³-hybridized carbons (Fsp3) is 0.150. The lowest BCUT2D eigenvalue weighted by molar-refractivity contribution is 0.0923. The maximum absolute atomic E-state index is 12.4. The minimum absolute atomic E-state index is 0.184. The summed E-state index contributed by atoms with van der Waals surface area (Å²) in [5.74, 6) is -0.170. The molecule has 0 saturated carbocycles. The highest BCUT2D eigenvalue weighted by Gasteiger charge is 2.18. The van der Waals surface area contributed by atoms with Crippen molar-refractivity contribution >= 4 is 11.8 Å². The molecular formula is C20H20N4O3. The molecule has 0 radical (unpaired) electrons. The monoisotopic (exact) mass is 364 g/mol. The molecule has 0 saturated heterocycles. The van der Waals surface area contributed by atoms with E-state index in [0.29, 0.717) is 17.9 Å². The van der Waals surface area contributed by atoms with Crippen LogP contribution in [0.15, 0.2) is 66.9 Å². The van der Waals surface area contributed by atoms with Crippen molar-refractivity contribution in [3.8, 4) is 11.4 Å². The van der Waals surface area contributed by atoms with Crippen LogP contribution in [-0.4, -0.2) is 41.8 Å². The number of carbonyl (C=O) groups excluding carboxylic acids is 2. The predicted molar refractivity (Wildman–Crippen MR) is 101 cm³/mol. The molecule has 2 amide bonds. The highest BCUT2D eigenvalue weighted by molar-refractivity contribution is 5.95. The van der Waals surface area contributed by atoms with Crippen LogP contribution >= 0.6 is 0 Å². The van der Waals surface area contributed by atoms with Gasteiger partial charge in [-0.2, -0.15) is 5.10 Å². The fourth-order valence-corrected chi connectivity index (χ4v) is 2.51. The van der Waals surface area contributed by atoms with Gasteiger partial charge in [-0.1, -0.05) is 36.4 Å². The number of carbonyl (C=O) groups is 2. The van der Waals surface area contributed by atoms with Crippen LogP contribution in [0.3, 0.4) is 0 Å². The van der Waals surface area contributed by atoms with E-state index in [9.17, 15) is 9.59 Å². The molecule has 2 N–H and O–H groups in total. The van der Waals surface area contributed by atoms with E-state index >= 15 is 0 Å². The van der Waals surface area contributed by atoms with Gasteiger partial charge in [-0.25, -0.2) is 4.68 Å². The molecule has 0 aliphatic carbocycles.